The lowest BCUT2D eigenvalue weighted by Crippen LogP contribution is -2.08. The van der Waals surface area contributed by atoms with Crippen LogP contribution >= 0.6 is 0 Å². The normalized spacial score (nSPS) is 11.6. The fourth-order valence-corrected chi connectivity index (χ4v) is 2.71. The molecule has 0 aliphatic carbocycles. The molecule has 20 heavy (non-hydrogen) atoms. The summed E-state index contributed by atoms with van der Waals surface area (Å²) in [5.41, 5.74) is 0.668. The molecule has 96 valence electrons. The zero-order chi connectivity index (χ0) is 13.9. The number of non-ortho nitro benzene ring substituents is 1. The third-order valence-corrected chi connectivity index (χ3v) is 3.54. The minimum atomic E-state index is -0.432. The monoisotopic (exact) mass is 265 g/mol. The maximum Gasteiger partial charge on any atom is 0.293 e. The maximum atomic E-state index is 12.4. The minimum absolute atomic E-state index is 0.0186. The average molecular weight is 265 g/mol. The van der Waals surface area contributed by atoms with E-state index in [0.717, 1.165) is 5.39 Å². The minimum Gasteiger partial charge on any atom is -0.307 e. The zero-order valence-electron chi connectivity index (χ0n) is 10.1. The maximum absolute atomic E-state index is 12.4. The summed E-state index contributed by atoms with van der Waals surface area (Å²) in [5, 5.41) is 13.0. The molecular weight excluding hydrogens is 258 g/mol. The second-order valence-electron chi connectivity index (χ2n) is 4.57. The molecule has 0 atom stereocenters. The lowest BCUT2D eigenvalue weighted by Gasteiger charge is -2.07. The lowest BCUT2D eigenvalue weighted by molar-refractivity contribution is -0.383. The van der Waals surface area contributed by atoms with Crippen LogP contribution in [0.5, 0.6) is 0 Å². The van der Waals surface area contributed by atoms with Crippen molar-refractivity contribution in [3.63, 3.8) is 0 Å². The highest BCUT2D eigenvalue weighted by molar-refractivity contribution is 6.12. The Morgan fingerprint density at radius 3 is 2.85 bits per heavy atom. The molecule has 4 rings (SSSR count). The van der Waals surface area contributed by atoms with Gasteiger partial charge in [0.25, 0.3) is 5.69 Å². The second-order valence-corrected chi connectivity index (χ2v) is 4.57. The van der Waals surface area contributed by atoms with Gasteiger partial charge in [-0.1, -0.05) is 0 Å². The van der Waals surface area contributed by atoms with Gasteiger partial charge in [-0.2, -0.15) is 0 Å². The molecule has 0 aliphatic heterocycles. The van der Waals surface area contributed by atoms with E-state index in [4.69, 9.17) is 0 Å². The highest BCUT2D eigenvalue weighted by Gasteiger charge is 2.20. The van der Waals surface area contributed by atoms with Crippen LogP contribution < -0.4 is 5.43 Å². The number of fused-ring (bicyclic) bond motifs is 2. The molecule has 0 saturated heterocycles. The Bertz CT molecular complexity index is 1050. The molecule has 0 N–H and O–H groups in total. The molecule has 6 nitrogen and oxygen atoms in total. The molecule has 4 aromatic rings. The third kappa shape index (κ3) is 1.17. The van der Waals surface area contributed by atoms with E-state index in [2.05, 4.69) is 4.98 Å². The van der Waals surface area contributed by atoms with Crippen LogP contribution in [-0.4, -0.2) is 14.3 Å². The average Bonchev–Trinajstić information content (AvgIpc) is 2.93. The third-order valence-electron chi connectivity index (χ3n) is 3.54. The molecule has 3 aromatic heterocycles. The van der Waals surface area contributed by atoms with Gasteiger partial charge in [-0.25, -0.2) is 0 Å². The van der Waals surface area contributed by atoms with E-state index in [1.807, 2.05) is 0 Å². The fraction of sp³-hybridized carbons (Fsp3) is 0. The number of nitro groups is 1. The number of aromatic nitrogens is 2. The van der Waals surface area contributed by atoms with Crippen molar-refractivity contribution in [2.24, 2.45) is 0 Å². The molecule has 0 saturated carbocycles. The molecule has 0 bridgehead atoms. The van der Waals surface area contributed by atoms with Gasteiger partial charge in [-0.05, 0) is 18.2 Å². The van der Waals surface area contributed by atoms with Gasteiger partial charge in [0, 0.05) is 35.4 Å². The molecule has 3 heterocycles. The molecule has 0 unspecified atom stereocenters. The summed E-state index contributed by atoms with van der Waals surface area (Å²) in [6, 6.07) is 6.42. The van der Waals surface area contributed by atoms with Crippen molar-refractivity contribution >= 4 is 32.9 Å². The molecule has 0 aliphatic rings. The summed E-state index contributed by atoms with van der Waals surface area (Å²) in [4.78, 5) is 27.3. The van der Waals surface area contributed by atoms with Gasteiger partial charge in [0.05, 0.1) is 15.8 Å². The summed E-state index contributed by atoms with van der Waals surface area (Å²) in [7, 11) is 0. The van der Waals surface area contributed by atoms with Gasteiger partial charge in [0.1, 0.15) is 5.52 Å². The number of nitro benzene ring substituents is 1. The van der Waals surface area contributed by atoms with Crippen LogP contribution in [0.3, 0.4) is 0 Å². The first kappa shape index (κ1) is 10.9. The standard InChI is InChI=1S/C14H7N3O3/c18-14-9-7-15-6-8-3-4-10(17(19)20)13(12(8)9)16-5-1-2-11(14)16/h1-7H. The molecule has 6 heteroatoms. The smallest absolute Gasteiger partial charge is 0.293 e. The molecule has 0 radical (unpaired) electrons. The predicted octanol–water partition coefficient (Wildman–Crippen LogP) is 2.35. The van der Waals surface area contributed by atoms with E-state index in [0.29, 0.717) is 21.8 Å². The quantitative estimate of drug-likeness (QED) is 0.391. The van der Waals surface area contributed by atoms with Crippen molar-refractivity contribution in [3.8, 4) is 0 Å². The summed E-state index contributed by atoms with van der Waals surface area (Å²) in [6.07, 6.45) is 4.74. The van der Waals surface area contributed by atoms with Crippen LogP contribution in [0, 0.1) is 10.1 Å². The zero-order valence-corrected chi connectivity index (χ0v) is 10.1. The number of hydrogen-bond acceptors (Lipinski definition) is 4. The SMILES string of the molecule is O=c1c2cncc3ccc([N+](=O)[O-])c(c32)n2cccc12. The van der Waals surface area contributed by atoms with Crippen molar-refractivity contribution in [2.75, 3.05) is 0 Å². The van der Waals surface area contributed by atoms with Crippen molar-refractivity contribution < 1.29 is 4.92 Å². The van der Waals surface area contributed by atoms with Crippen LogP contribution in [0.4, 0.5) is 5.69 Å². The molecular formula is C14H7N3O3. The van der Waals surface area contributed by atoms with Gasteiger partial charge in [0.2, 0.25) is 5.43 Å². The molecule has 1 aromatic carbocycles. The Balaban J connectivity index is 2.50. The topological polar surface area (TPSA) is 77.5 Å². The van der Waals surface area contributed by atoms with Crippen molar-refractivity contribution in [1.82, 2.24) is 9.38 Å². The van der Waals surface area contributed by atoms with E-state index in [9.17, 15) is 14.9 Å². The Hall–Kier alpha value is -3.02. The van der Waals surface area contributed by atoms with E-state index in [-0.39, 0.29) is 11.1 Å². The number of rotatable bonds is 1. The van der Waals surface area contributed by atoms with E-state index in [1.54, 1.807) is 35.0 Å². The lowest BCUT2D eigenvalue weighted by atomic mass is 10.1. The Kier molecular flexibility index (Phi) is 1.90. The molecule has 0 spiro atoms. The van der Waals surface area contributed by atoms with E-state index >= 15 is 0 Å². The first-order chi connectivity index (χ1) is 9.68. The van der Waals surface area contributed by atoms with Gasteiger partial charge >= 0.3 is 0 Å². The van der Waals surface area contributed by atoms with E-state index < -0.39 is 4.92 Å². The number of pyridine rings is 2. The highest BCUT2D eigenvalue weighted by Crippen LogP contribution is 2.32. The van der Waals surface area contributed by atoms with Crippen LogP contribution in [0.1, 0.15) is 0 Å². The summed E-state index contributed by atoms with van der Waals surface area (Å²) in [5.74, 6) is 0. The Morgan fingerprint density at radius 1 is 1.20 bits per heavy atom. The number of hydrogen-bond donors (Lipinski definition) is 0. The van der Waals surface area contributed by atoms with Crippen molar-refractivity contribution in [1.29, 1.82) is 0 Å². The van der Waals surface area contributed by atoms with Crippen LogP contribution in [-0.2, 0) is 0 Å². The van der Waals surface area contributed by atoms with Crippen LogP contribution in [0.15, 0.2) is 47.7 Å². The summed E-state index contributed by atoms with van der Waals surface area (Å²) < 4.78 is 1.58. The fourth-order valence-electron chi connectivity index (χ4n) is 2.71. The molecule has 0 fully saturated rings. The second kappa shape index (κ2) is 3.51. The first-order valence-corrected chi connectivity index (χ1v) is 5.96. The largest absolute Gasteiger partial charge is 0.307 e. The van der Waals surface area contributed by atoms with Gasteiger partial charge in [-0.15, -0.1) is 0 Å². The summed E-state index contributed by atoms with van der Waals surface area (Å²) >= 11 is 0. The Labute approximate surface area is 111 Å². The van der Waals surface area contributed by atoms with Gasteiger partial charge in [-0.3, -0.25) is 19.9 Å². The van der Waals surface area contributed by atoms with E-state index in [1.165, 1.54) is 12.3 Å². The van der Waals surface area contributed by atoms with Crippen molar-refractivity contribution in [3.05, 3.63) is 63.2 Å². The highest BCUT2D eigenvalue weighted by atomic mass is 16.6. The predicted molar refractivity (Wildman–Crippen MR) is 74.3 cm³/mol. The van der Waals surface area contributed by atoms with Gasteiger partial charge < -0.3 is 4.40 Å². The van der Waals surface area contributed by atoms with Crippen molar-refractivity contribution in [2.45, 2.75) is 0 Å². The summed E-state index contributed by atoms with van der Waals surface area (Å²) in [6.45, 7) is 0. The Morgan fingerprint density at radius 2 is 2.05 bits per heavy atom. The number of benzene rings is 1. The van der Waals surface area contributed by atoms with Crippen LogP contribution in [0.25, 0.3) is 27.2 Å². The molecule has 0 amide bonds. The number of nitrogens with zero attached hydrogens (tertiary/aromatic N) is 3. The van der Waals surface area contributed by atoms with Gasteiger partial charge in [0.15, 0.2) is 0 Å². The van der Waals surface area contributed by atoms with Crippen LogP contribution in [0.2, 0.25) is 0 Å². The first-order valence-electron chi connectivity index (χ1n) is 5.96.